The van der Waals surface area contributed by atoms with Gasteiger partial charge < -0.3 is 24.2 Å². The van der Waals surface area contributed by atoms with Crippen molar-refractivity contribution in [2.45, 2.75) is 39.7 Å². The molecule has 39 heavy (non-hydrogen) atoms. The fourth-order valence-corrected chi connectivity index (χ4v) is 4.84. The molecule has 1 atom stereocenters. The second-order valence-corrected chi connectivity index (χ2v) is 10.4. The van der Waals surface area contributed by atoms with Crippen molar-refractivity contribution in [3.8, 4) is 11.5 Å². The number of nitrogens with zero attached hydrogens (tertiary/aromatic N) is 2. The highest BCUT2D eigenvalue weighted by Crippen LogP contribution is 2.40. The van der Waals surface area contributed by atoms with Crippen molar-refractivity contribution < 1.29 is 28.9 Å². The monoisotopic (exact) mass is 536 g/mol. The summed E-state index contributed by atoms with van der Waals surface area (Å²) in [6.07, 6.45) is 1.61. The number of Topliss-reactive ketones (excluding diaryl/α,β-unsaturated/α-hetero) is 1. The summed E-state index contributed by atoms with van der Waals surface area (Å²) in [5.41, 5.74) is 1.32. The average Bonchev–Trinajstić information content (AvgIpc) is 3.21. The fraction of sp³-hybridized carbons (Fsp3) is 0.484. The number of ether oxygens (including phenoxy) is 3. The third-order valence-electron chi connectivity index (χ3n) is 6.90. The van der Waals surface area contributed by atoms with Crippen LogP contribution in [0.25, 0.3) is 5.76 Å². The topological polar surface area (TPSA) is 88.5 Å². The van der Waals surface area contributed by atoms with Gasteiger partial charge in [-0.2, -0.15) is 0 Å². The number of rotatable bonds is 12. The van der Waals surface area contributed by atoms with Crippen LogP contribution in [-0.4, -0.2) is 79.2 Å². The third kappa shape index (κ3) is 7.19. The summed E-state index contributed by atoms with van der Waals surface area (Å²) in [5.74, 6) is 0.346. The fourth-order valence-electron chi connectivity index (χ4n) is 4.84. The van der Waals surface area contributed by atoms with Gasteiger partial charge in [-0.25, -0.2) is 0 Å². The highest BCUT2D eigenvalue weighted by Gasteiger charge is 2.45. The van der Waals surface area contributed by atoms with E-state index in [-0.39, 0.29) is 11.3 Å². The van der Waals surface area contributed by atoms with Crippen molar-refractivity contribution >= 4 is 17.4 Å². The molecule has 2 aromatic rings. The quantitative estimate of drug-likeness (QED) is 0.240. The number of aliphatic hydroxyl groups excluding tert-OH is 1. The number of carbonyl (C=O) groups excluding carboxylic acids is 2. The van der Waals surface area contributed by atoms with Crippen molar-refractivity contribution in [2.24, 2.45) is 5.92 Å². The molecule has 0 radical (unpaired) electrons. The molecule has 0 aromatic heterocycles. The lowest BCUT2D eigenvalue weighted by atomic mass is 9.95. The van der Waals surface area contributed by atoms with Gasteiger partial charge in [-0.3, -0.25) is 14.5 Å². The Morgan fingerprint density at radius 1 is 0.974 bits per heavy atom. The van der Waals surface area contributed by atoms with Gasteiger partial charge in [0.25, 0.3) is 11.7 Å². The molecule has 1 unspecified atom stereocenters. The van der Waals surface area contributed by atoms with Crippen LogP contribution in [0.3, 0.4) is 0 Å². The third-order valence-corrected chi connectivity index (χ3v) is 6.90. The van der Waals surface area contributed by atoms with Crippen molar-refractivity contribution in [2.75, 3.05) is 52.6 Å². The first-order valence-corrected chi connectivity index (χ1v) is 13.9. The van der Waals surface area contributed by atoms with E-state index in [4.69, 9.17) is 14.2 Å². The van der Waals surface area contributed by atoms with Crippen LogP contribution < -0.4 is 9.47 Å². The number of benzene rings is 2. The van der Waals surface area contributed by atoms with Crippen LogP contribution in [0.1, 0.15) is 50.8 Å². The van der Waals surface area contributed by atoms with Crippen LogP contribution >= 0.6 is 0 Å². The van der Waals surface area contributed by atoms with E-state index in [1.807, 2.05) is 31.2 Å². The zero-order valence-electron chi connectivity index (χ0n) is 23.2. The van der Waals surface area contributed by atoms with E-state index in [2.05, 4.69) is 18.7 Å². The molecule has 2 fully saturated rings. The average molecular weight is 537 g/mol. The lowest BCUT2D eigenvalue weighted by molar-refractivity contribution is -0.140. The molecule has 2 aliphatic rings. The van der Waals surface area contributed by atoms with Gasteiger partial charge in [0.05, 0.1) is 38.0 Å². The zero-order chi connectivity index (χ0) is 27.8. The Bertz CT molecular complexity index is 1140. The Morgan fingerprint density at radius 2 is 1.62 bits per heavy atom. The smallest absolute Gasteiger partial charge is 0.295 e. The number of aliphatic hydroxyl groups is 1. The maximum Gasteiger partial charge on any atom is 0.295 e. The molecular formula is C31H40N2O6. The molecule has 2 saturated heterocycles. The van der Waals surface area contributed by atoms with Gasteiger partial charge in [0.2, 0.25) is 0 Å². The minimum absolute atomic E-state index is 0.101. The van der Waals surface area contributed by atoms with Crippen LogP contribution in [0.2, 0.25) is 0 Å². The Hall–Kier alpha value is -3.36. The van der Waals surface area contributed by atoms with Gasteiger partial charge >= 0.3 is 0 Å². The molecule has 1 amide bonds. The predicted molar refractivity (Wildman–Crippen MR) is 150 cm³/mol. The number of carbonyl (C=O) groups is 2. The molecule has 0 saturated carbocycles. The largest absolute Gasteiger partial charge is 0.507 e. The van der Waals surface area contributed by atoms with Gasteiger partial charge in [0.15, 0.2) is 0 Å². The molecule has 0 bridgehead atoms. The maximum atomic E-state index is 13.3. The number of amides is 1. The number of hydrogen-bond donors (Lipinski definition) is 1. The van der Waals surface area contributed by atoms with Gasteiger partial charge in [0.1, 0.15) is 17.3 Å². The molecular weight excluding hydrogens is 496 g/mol. The van der Waals surface area contributed by atoms with E-state index < -0.39 is 17.7 Å². The van der Waals surface area contributed by atoms with E-state index in [1.165, 1.54) is 0 Å². The van der Waals surface area contributed by atoms with E-state index in [9.17, 15) is 14.7 Å². The second kappa shape index (κ2) is 13.6. The predicted octanol–water partition coefficient (Wildman–Crippen LogP) is 4.65. The molecule has 8 heteroatoms. The number of morpholine rings is 1. The van der Waals surface area contributed by atoms with Gasteiger partial charge in [-0.15, -0.1) is 0 Å². The Balaban J connectivity index is 1.62. The van der Waals surface area contributed by atoms with Crippen LogP contribution in [0.4, 0.5) is 0 Å². The van der Waals surface area contributed by atoms with Crippen LogP contribution in [-0.2, 0) is 14.3 Å². The molecule has 2 aliphatic heterocycles. The van der Waals surface area contributed by atoms with Crippen LogP contribution in [0.5, 0.6) is 11.5 Å². The van der Waals surface area contributed by atoms with Crippen molar-refractivity contribution in [3.63, 3.8) is 0 Å². The summed E-state index contributed by atoms with van der Waals surface area (Å²) in [6.45, 7) is 11.7. The molecule has 0 spiro atoms. The Labute approximate surface area is 231 Å². The molecule has 210 valence electrons. The first kappa shape index (κ1) is 28.6. The number of likely N-dealkylation sites (tertiary alicyclic amines) is 1. The molecule has 2 aromatic carbocycles. The maximum absolute atomic E-state index is 13.3. The Kier molecular flexibility index (Phi) is 10.0. The summed E-state index contributed by atoms with van der Waals surface area (Å²) in [4.78, 5) is 30.5. The highest BCUT2D eigenvalue weighted by molar-refractivity contribution is 6.46. The van der Waals surface area contributed by atoms with E-state index in [1.54, 1.807) is 29.2 Å². The molecule has 0 aliphatic carbocycles. The van der Waals surface area contributed by atoms with Crippen molar-refractivity contribution in [3.05, 3.63) is 65.2 Å². The summed E-state index contributed by atoms with van der Waals surface area (Å²) in [5, 5.41) is 11.4. The summed E-state index contributed by atoms with van der Waals surface area (Å²) in [6, 6.07) is 13.7. The molecule has 8 nitrogen and oxygen atoms in total. The normalized spacial score (nSPS) is 19.6. The van der Waals surface area contributed by atoms with E-state index >= 15 is 0 Å². The second-order valence-electron chi connectivity index (χ2n) is 10.4. The standard InChI is InChI=1S/C31H40N2O6/c1-4-18-38-25-10-6-23(7-11-25)28-27(29(34)24-8-12-26(13-9-24)39-21-22(2)3)30(35)31(36)33(28)15-5-14-32-16-19-37-20-17-32/h6-13,22,28,34H,4-5,14-21H2,1-3H3. The highest BCUT2D eigenvalue weighted by atomic mass is 16.5. The summed E-state index contributed by atoms with van der Waals surface area (Å²) >= 11 is 0. The molecule has 1 N–H and O–H groups in total. The van der Waals surface area contributed by atoms with Gasteiger partial charge in [-0.1, -0.05) is 32.9 Å². The zero-order valence-corrected chi connectivity index (χ0v) is 23.2. The summed E-state index contributed by atoms with van der Waals surface area (Å²) in [7, 11) is 0. The van der Waals surface area contributed by atoms with Crippen LogP contribution in [0.15, 0.2) is 54.1 Å². The first-order valence-electron chi connectivity index (χ1n) is 13.9. The minimum Gasteiger partial charge on any atom is -0.507 e. The first-order chi connectivity index (χ1) is 18.9. The SMILES string of the molecule is CCCOc1ccc(C2C(=C(O)c3ccc(OCC(C)C)cc3)C(=O)C(=O)N2CCCN2CCOCC2)cc1. The number of hydrogen-bond acceptors (Lipinski definition) is 7. The lowest BCUT2D eigenvalue weighted by Crippen LogP contribution is -2.38. The van der Waals surface area contributed by atoms with Gasteiger partial charge in [-0.05, 0) is 60.7 Å². The van der Waals surface area contributed by atoms with Crippen molar-refractivity contribution in [1.82, 2.24) is 9.80 Å². The molecule has 2 heterocycles. The van der Waals surface area contributed by atoms with E-state index in [0.29, 0.717) is 56.6 Å². The van der Waals surface area contributed by atoms with E-state index in [0.717, 1.165) is 37.4 Å². The van der Waals surface area contributed by atoms with Gasteiger partial charge in [0, 0.05) is 31.7 Å². The molecule has 4 rings (SSSR count). The van der Waals surface area contributed by atoms with Crippen LogP contribution in [0, 0.1) is 5.92 Å². The minimum atomic E-state index is -0.688. The van der Waals surface area contributed by atoms with Crippen molar-refractivity contribution in [1.29, 1.82) is 0 Å². The number of ketones is 1. The summed E-state index contributed by atoms with van der Waals surface area (Å²) < 4.78 is 16.9. The lowest BCUT2D eigenvalue weighted by Gasteiger charge is -2.29. The Morgan fingerprint density at radius 3 is 2.26 bits per heavy atom.